The van der Waals surface area contributed by atoms with E-state index in [1.54, 1.807) is 0 Å². The number of thiazole rings is 1. The summed E-state index contributed by atoms with van der Waals surface area (Å²) in [6.07, 6.45) is 6.20. The predicted octanol–water partition coefficient (Wildman–Crippen LogP) is 5.05. The van der Waals surface area contributed by atoms with E-state index in [0.717, 1.165) is 47.8 Å². The molecule has 0 unspecified atom stereocenters. The highest BCUT2D eigenvalue weighted by Gasteiger charge is 2.23. The van der Waals surface area contributed by atoms with Gasteiger partial charge in [0.1, 0.15) is 0 Å². The Labute approximate surface area is 183 Å². The minimum Gasteiger partial charge on any atom is -0.336 e. The van der Waals surface area contributed by atoms with Crippen molar-refractivity contribution in [2.45, 2.75) is 51.5 Å². The van der Waals surface area contributed by atoms with Crippen molar-refractivity contribution in [2.24, 2.45) is 0 Å². The Bertz CT molecular complexity index is 821. The minimum absolute atomic E-state index is 0.152. The molecule has 0 spiro atoms. The van der Waals surface area contributed by atoms with Gasteiger partial charge < -0.3 is 10.6 Å². The Kier molecular flexibility index (Phi) is 7.88. The van der Waals surface area contributed by atoms with Gasteiger partial charge in [-0.05, 0) is 31.4 Å². The van der Waals surface area contributed by atoms with Crippen LogP contribution in [0.15, 0.2) is 34.1 Å². The maximum atomic E-state index is 12.7. The van der Waals surface area contributed by atoms with Gasteiger partial charge in [-0.1, -0.05) is 54.2 Å². The van der Waals surface area contributed by atoms with Gasteiger partial charge >= 0.3 is 12.1 Å². The third kappa shape index (κ3) is 6.17. The standard InChI is InChI=1S/C20H26BrN5O2S/c1-2-12-22-19(28)26(25-18(27)23-16-6-4-3-5-7-16)20-24-17(13-29-20)14-8-10-15(21)11-9-14/h8-11,13,16H,2-7,12H2,1H3,(H,22,28)(H2,23,25,27). The smallest absolute Gasteiger partial charge is 0.336 e. The van der Waals surface area contributed by atoms with Crippen LogP contribution in [0.3, 0.4) is 0 Å². The molecule has 0 atom stereocenters. The second-order valence-corrected chi connectivity index (χ2v) is 8.76. The third-order valence-corrected chi connectivity index (χ3v) is 6.06. The highest BCUT2D eigenvalue weighted by molar-refractivity contribution is 9.10. The molecule has 9 heteroatoms. The summed E-state index contributed by atoms with van der Waals surface area (Å²) in [7, 11) is 0. The van der Waals surface area contributed by atoms with Crippen LogP contribution in [-0.4, -0.2) is 29.6 Å². The lowest BCUT2D eigenvalue weighted by Crippen LogP contribution is -2.55. The first-order chi connectivity index (χ1) is 14.1. The zero-order chi connectivity index (χ0) is 20.6. The fraction of sp³-hybridized carbons (Fsp3) is 0.450. The number of hydrogen-bond donors (Lipinski definition) is 3. The van der Waals surface area contributed by atoms with Crippen LogP contribution in [0.25, 0.3) is 11.3 Å². The molecule has 1 aromatic carbocycles. The molecule has 0 aliphatic heterocycles. The molecule has 3 rings (SSSR count). The van der Waals surface area contributed by atoms with Crippen LogP contribution in [-0.2, 0) is 0 Å². The van der Waals surface area contributed by atoms with E-state index in [9.17, 15) is 9.59 Å². The van der Waals surface area contributed by atoms with Crippen LogP contribution in [0.4, 0.5) is 14.7 Å². The number of benzene rings is 1. The lowest BCUT2D eigenvalue weighted by Gasteiger charge is -2.25. The monoisotopic (exact) mass is 479 g/mol. The van der Waals surface area contributed by atoms with E-state index in [4.69, 9.17) is 0 Å². The molecule has 1 fully saturated rings. The van der Waals surface area contributed by atoms with E-state index in [2.05, 4.69) is 37.0 Å². The van der Waals surface area contributed by atoms with Crippen molar-refractivity contribution in [1.29, 1.82) is 0 Å². The number of amides is 4. The van der Waals surface area contributed by atoms with Gasteiger partial charge in [0, 0.05) is 28.0 Å². The van der Waals surface area contributed by atoms with Gasteiger partial charge in [0.2, 0.25) is 5.13 Å². The van der Waals surface area contributed by atoms with Crippen molar-refractivity contribution >= 4 is 44.5 Å². The lowest BCUT2D eigenvalue weighted by atomic mass is 9.96. The maximum absolute atomic E-state index is 12.7. The Balaban J connectivity index is 1.73. The van der Waals surface area contributed by atoms with Gasteiger partial charge in [-0.2, -0.15) is 5.01 Å². The van der Waals surface area contributed by atoms with E-state index in [1.165, 1.54) is 22.8 Å². The Morgan fingerprint density at radius 3 is 2.62 bits per heavy atom. The first kappa shape index (κ1) is 21.6. The molecular weight excluding hydrogens is 454 g/mol. The van der Waals surface area contributed by atoms with Crippen LogP contribution in [0.5, 0.6) is 0 Å². The Morgan fingerprint density at radius 1 is 1.21 bits per heavy atom. The van der Waals surface area contributed by atoms with Gasteiger partial charge in [-0.3, -0.25) is 0 Å². The van der Waals surface area contributed by atoms with E-state index < -0.39 is 6.03 Å². The van der Waals surface area contributed by atoms with E-state index in [-0.39, 0.29) is 12.1 Å². The number of nitrogens with one attached hydrogen (secondary N) is 3. The molecule has 7 nitrogen and oxygen atoms in total. The second-order valence-electron chi connectivity index (χ2n) is 7.01. The van der Waals surface area contributed by atoms with Crippen molar-refractivity contribution in [3.05, 3.63) is 34.1 Å². The molecule has 1 aromatic heterocycles. The van der Waals surface area contributed by atoms with Crippen molar-refractivity contribution < 1.29 is 9.59 Å². The van der Waals surface area contributed by atoms with E-state index in [1.807, 2.05) is 36.6 Å². The number of hydrazine groups is 1. The molecule has 1 aliphatic rings. The average Bonchev–Trinajstić information content (AvgIpc) is 3.21. The first-order valence-electron chi connectivity index (χ1n) is 9.93. The summed E-state index contributed by atoms with van der Waals surface area (Å²) in [4.78, 5) is 29.7. The average molecular weight is 480 g/mol. The van der Waals surface area contributed by atoms with E-state index in [0.29, 0.717) is 11.7 Å². The largest absolute Gasteiger partial charge is 0.343 e. The van der Waals surface area contributed by atoms with Gasteiger partial charge in [0.15, 0.2) is 0 Å². The minimum atomic E-state index is -0.401. The maximum Gasteiger partial charge on any atom is 0.343 e. The fourth-order valence-electron chi connectivity index (χ4n) is 3.18. The van der Waals surface area contributed by atoms with Crippen LogP contribution < -0.4 is 21.1 Å². The third-order valence-electron chi connectivity index (χ3n) is 4.71. The fourth-order valence-corrected chi connectivity index (χ4v) is 4.24. The molecule has 0 saturated heterocycles. The Hall–Kier alpha value is -2.13. The quantitative estimate of drug-likeness (QED) is 0.524. The number of carbonyl (C=O) groups is 2. The number of anilines is 1. The zero-order valence-electron chi connectivity index (χ0n) is 16.4. The number of urea groups is 2. The Morgan fingerprint density at radius 2 is 1.93 bits per heavy atom. The lowest BCUT2D eigenvalue weighted by molar-refractivity contribution is 0.225. The molecule has 3 N–H and O–H groups in total. The number of carbonyl (C=O) groups excluding carboxylic acids is 2. The van der Waals surface area contributed by atoms with Gasteiger partial charge in [0.05, 0.1) is 5.69 Å². The normalized spacial score (nSPS) is 14.3. The van der Waals surface area contributed by atoms with Crippen LogP contribution >= 0.6 is 27.3 Å². The van der Waals surface area contributed by atoms with Crippen molar-refractivity contribution in [3.63, 3.8) is 0 Å². The van der Waals surface area contributed by atoms with Crippen LogP contribution in [0.2, 0.25) is 0 Å². The topological polar surface area (TPSA) is 86.4 Å². The molecular formula is C20H26BrN5O2S. The molecule has 156 valence electrons. The molecule has 1 saturated carbocycles. The molecule has 29 heavy (non-hydrogen) atoms. The van der Waals surface area contributed by atoms with Gasteiger partial charge in [-0.15, -0.1) is 11.3 Å². The SMILES string of the molecule is CCCNC(=O)N(NC(=O)NC1CCCCC1)c1nc(-c2ccc(Br)cc2)cs1. The van der Waals surface area contributed by atoms with Gasteiger partial charge in [-0.25, -0.2) is 20.0 Å². The summed E-state index contributed by atoms with van der Waals surface area (Å²) in [5.74, 6) is 0. The highest BCUT2D eigenvalue weighted by atomic mass is 79.9. The number of halogens is 1. The zero-order valence-corrected chi connectivity index (χ0v) is 18.8. The molecule has 1 heterocycles. The molecule has 0 radical (unpaired) electrons. The summed E-state index contributed by atoms with van der Waals surface area (Å²) in [5.41, 5.74) is 4.37. The molecule has 0 bridgehead atoms. The van der Waals surface area contributed by atoms with Gasteiger partial charge in [0.25, 0.3) is 0 Å². The number of nitrogens with zero attached hydrogens (tertiary/aromatic N) is 2. The number of rotatable bonds is 5. The summed E-state index contributed by atoms with van der Waals surface area (Å²) < 4.78 is 0.985. The predicted molar refractivity (Wildman–Crippen MR) is 120 cm³/mol. The summed E-state index contributed by atoms with van der Waals surface area (Å²) in [5, 5.41) is 9.26. The van der Waals surface area contributed by atoms with Crippen LogP contribution in [0, 0.1) is 0 Å². The second kappa shape index (κ2) is 10.6. The summed E-state index contributed by atoms with van der Waals surface area (Å²) in [6.45, 7) is 2.50. The molecule has 1 aliphatic carbocycles. The highest BCUT2D eigenvalue weighted by Crippen LogP contribution is 2.28. The first-order valence-corrected chi connectivity index (χ1v) is 11.6. The number of aromatic nitrogens is 1. The number of hydrogen-bond acceptors (Lipinski definition) is 4. The molecule has 2 aromatic rings. The van der Waals surface area contributed by atoms with Crippen LogP contribution in [0.1, 0.15) is 45.4 Å². The van der Waals surface area contributed by atoms with Crippen molar-refractivity contribution in [3.8, 4) is 11.3 Å². The summed E-state index contributed by atoms with van der Waals surface area (Å²) in [6, 6.07) is 7.15. The van der Waals surface area contributed by atoms with E-state index >= 15 is 0 Å². The van der Waals surface area contributed by atoms with Crippen molar-refractivity contribution in [1.82, 2.24) is 21.0 Å². The van der Waals surface area contributed by atoms with Crippen molar-refractivity contribution in [2.75, 3.05) is 11.6 Å². The molecule has 4 amide bonds. The summed E-state index contributed by atoms with van der Waals surface area (Å²) >= 11 is 4.73.